The molecule has 3 aromatic rings. The standard InChI is InChI=1S/C19H11ClN2O/c1-10-8-13-12(9-14(10)20)18-21-15-6-2-4-11-5-3-7-16(17(11)15)22(18)19(13)23/h2-9H,1H3. The van der Waals surface area contributed by atoms with Crippen LogP contribution in [0.2, 0.25) is 5.02 Å². The van der Waals surface area contributed by atoms with Gasteiger partial charge in [-0.25, -0.2) is 4.99 Å². The van der Waals surface area contributed by atoms with Crippen LogP contribution in [-0.2, 0) is 0 Å². The van der Waals surface area contributed by atoms with Gasteiger partial charge in [-0.3, -0.25) is 9.69 Å². The van der Waals surface area contributed by atoms with E-state index in [4.69, 9.17) is 16.6 Å². The lowest BCUT2D eigenvalue weighted by molar-refractivity contribution is 0.101. The summed E-state index contributed by atoms with van der Waals surface area (Å²) < 4.78 is 0. The van der Waals surface area contributed by atoms with Crippen molar-refractivity contribution in [3.05, 3.63) is 70.2 Å². The molecular formula is C19H11ClN2O. The molecule has 0 radical (unpaired) electrons. The Morgan fingerprint density at radius 1 is 1.04 bits per heavy atom. The first kappa shape index (κ1) is 12.9. The van der Waals surface area contributed by atoms with Crippen molar-refractivity contribution in [1.82, 2.24) is 0 Å². The van der Waals surface area contributed by atoms with Gasteiger partial charge in [0.05, 0.1) is 16.9 Å². The molecule has 2 aliphatic rings. The van der Waals surface area contributed by atoms with Gasteiger partial charge < -0.3 is 0 Å². The summed E-state index contributed by atoms with van der Waals surface area (Å²) in [5.74, 6) is 0.624. The molecule has 0 N–H and O–H groups in total. The number of rotatable bonds is 0. The molecule has 0 atom stereocenters. The molecule has 110 valence electrons. The van der Waals surface area contributed by atoms with Crippen molar-refractivity contribution in [2.24, 2.45) is 4.99 Å². The fraction of sp³-hybridized carbons (Fsp3) is 0.0526. The minimum atomic E-state index is -0.0412. The zero-order valence-corrected chi connectivity index (χ0v) is 13.1. The number of amidine groups is 1. The maximum atomic E-state index is 12.9. The Morgan fingerprint density at radius 2 is 1.83 bits per heavy atom. The van der Waals surface area contributed by atoms with Gasteiger partial charge in [0.1, 0.15) is 5.84 Å². The highest BCUT2D eigenvalue weighted by Crippen LogP contribution is 2.43. The van der Waals surface area contributed by atoms with Crippen LogP contribution in [0.4, 0.5) is 11.4 Å². The molecule has 1 amide bonds. The lowest BCUT2D eigenvalue weighted by Crippen LogP contribution is -2.31. The number of hydrogen-bond acceptors (Lipinski definition) is 2. The SMILES string of the molecule is Cc1cc2c(cc1Cl)C1=Nc3cccc4cccc(c34)N1C2=O. The number of fused-ring (bicyclic) bond motifs is 4. The number of aryl methyl sites for hydroxylation is 1. The van der Waals surface area contributed by atoms with Crippen LogP contribution in [0, 0.1) is 6.92 Å². The highest BCUT2D eigenvalue weighted by atomic mass is 35.5. The maximum absolute atomic E-state index is 12.9. The summed E-state index contributed by atoms with van der Waals surface area (Å²) in [6, 6.07) is 15.7. The van der Waals surface area contributed by atoms with Gasteiger partial charge in [-0.05, 0) is 42.1 Å². The molecule has 0 aromatic heterocycles. The highest BCUT2D eigenvalue weighted by Gasteiger charge is 2.38. The molecule has 2 aliphatic heterocycles. The van der Waals surface area contributed by atoms with Gasteiger partial charge in [-0.2, -0.15) is 0 Å². The molecule has 0 bridgehead atoms. The number of carbonyl (C=O) groups excluding carboxylic acids is 1. The Morgan fingerprint density at radius 3 is 2.65 bits per heavy atom. The molecular weight excluding hydrogens is 308 g/mol. The van der Waals surface area contributed by atoms with Crippen LogP contribution >= 0.6 is 11.6 Å². The van der Waals surface area contributed by atoms with Crippen molar-refractivity contribution in [3.63, 3.8) is 0 Å². The number of carbonyl (C=O) groups is 1. The van der Waals surface area contributed by atoms with Crippen LogP contribution in [-0.4, -0.2) is 11.7 Å². The van der Waals surface area contributed by atoms with E-state index in [1.165, 1.54) is 0 Å². The van der Waals surface area contributed by atoms with Gasteiger partial charge in [0.2, 0.25) is 0 Å². The molecule has 3 nitrogen and oxygen atoms in total. The zero-order valence-electron chi connectivity index (χ0n) is 12.3. The number of aliphatic imine (C=N–C) groups is 1. The Kier molecular flexibility index (Phi) is 2.35. The van der Waals surface area contributed by atoms with Gasteiger partial charge in [0, 0.05) is 16.0 Å². The first-order valence-electron chi connectivity index (χ1n) is 7.40. The first-order chi connectivity index (χ1) is 11.1. The lowest BCUT2D eigenvalue weighted by Gasteiger charge is -2.24. The predicted molar refractivity (Wildman–Crippen MR) is 93.1 cm³/mol. The second-order valence-electron chi connectivity index (χ2n) is 5.88. The van der Waals surface area contributed by atoms with Gasteiger partial charge in [0.25, 0.3) is 5.91 Å². The number of benzene rings is 3. The van der Waals surface area contributed by atoms with Gasteiger partial charge in [-0.15, -0.1) is 0 Å². The predicted octanol–water partition coefficient (Wildman–Crippen LogP) is 4.85. The summed E-state index contributed by atoms with van der Waals surface area (Å²) in [7, 11) is 0. The van der Waals surface area contributed by atoms with Crippen LogP contribution in [0.3, 0.4) is 0 Å². The molecule has 0 spiro atoms. The normalized spacial score (nSPS) is 14.8. The molecule has 0 unspecified atom stereocenters. The average Bonchev–Trinajstić information content (AvgIpc) is 2.81. The van der Waals surface area contributed by atoms with E-state index < -0.39 is 0 Å². The number of hydrogen-bond donors (Lipinski definition) is 0. The van der Waals surface area contributed by atoms with Crippen LogP contribution in [0.15, 0.2) is 53.5 Å². The van der Waals surface area contributed by atoms with Crippen molar-refractivity contribution >= 4 is 45.5 Å². The Labute approximate surface area is 137 Å². The maximum Gasteiger partial charge on any atom is 0.264 e. The number of halogens is 1. The number of amides is 1. The van der Waals surface area contributed by atoms with E-state index in [0.29, 0.717) is 16.4 Å². The zero-order chi connectivity index (χ0) is 15.7. The molecule has 5 rings (SSSR count). The average molecular weight is 319 g/mol. The van der Waals surface area contributed by atoms with E-state index in [0.717, 1.165) is 33.3 Å². The van der Waals surface area contributed by atoms with E-state index in [9.17, 15) is 4.79 Å². The Bertz CT molecular complexity index is 1060. The van der Waals surface area contributed by atoms with Crippen molar-refractivity contribution in [3.8, 4) is 0 Å². The molecule has 0 saturated heterocycles. The lowest BCUT2D eigenvalue weighted by atomic mass is 10.0. The van der Waals surface area contributed by atoms with E-state index in [1.54, 1.807) is 4.90 Å². The minimum Gasteiger partial charge on any atom is -0.268 e. The van der Waals surface area contributed by atoms with Crippen molar-refractivity contribution in [2.45, 2.75) is 6.92 Å². The Hall–Kier alpha value is -2.65. The van der Waals surface area contributed by atoms with Crippen LogP contribution in [0.1, 0.15) is 21.5 Å². The summed E-state index contributed by atoms with van der Waals surface area (Å²) in [4.78, 5) is 19.4. The largest absolute Gasteiger partial charge is 0.268 e. The van der Waals surface area contributed by atoms with E-state index >= 15 is 0 Å². The highest BCUT2D eigenvalue weighted by molar-refractivity contribution is 6.41. The third-order valence-corrected chi connectivity index (χ3v) is 4.92. The topological polar surface area (TPSA) is 32.7 Å². The van der Waals surface area contributed by atoms with Gasteiger partial charge in [0.15, 0.2) is 0 Å². The van der Waals surface area contributed by atoms with Crippen molar-refractivity contribution in [1.29, 1.82) is 0 Å². The fourth-order valence-corrected chi connectivity index (χ4v) is 3.57. The third-order valence-electron chi connectivity index (χ3n) is 4.51. The Balaban J connectivity index is 1.89. The minimum absolute atomic E-state index is 0.0412. The second kappa shape index (κ2) is 4.21. The molecule has 4 heteroatoms. The smallest absolute Gasteiger partial charge is 0.264 e. The molecule has 0 fully saturated rings. The van der Waals surface area contributed by atoms with Crippen LogP contribution in [0.5, 0.6) is 0 Å². The monoisotopic (exact) mass is 318 g/mol. The quantitative estimate of drug-likeness (QED) is 0.583. The molecule has 0 saturated carbocycles. The number of nitrogens with zero attached hydrogens (tertiary/aromatic N) is 2. The molecule has 23 heavy (non-hydrogen) atoms. The summed E-state index contributed by atoms with van der Waals surface area (Å²) in [5, 5.41) is 2.75. The molecule has 3 aromatic carbocycles. The summed E-state index contributed by atoms with van der Waals surface area (Å²) >= 11 is 6.27. The summed E-state index contributed by atoms with van der Waals surface area (Å²) in [6.07, 6.45) is 0. The molecule has 2 heterocycles. The first-order valence-corrected chi connectivity index (χ1v) is 7.78. The summed E-state index contributed by atoms with van der Waals surface area (Å²) in [6.45, 7) is 1.91. The number of anilines is 1. The van der Waals surface area contributed by atoms with Crippen molar-refractivity contribution < 1.29 is 4.79 Å². The fourth-order valence-electron chi connectivity index (χ4n) is 3.41. The summed E-state index contributed by atoms with van der Waals surface area (Å²) in [5.41, 5.74) is 4.14. The van der Waals surface area contributed by atoms with E-state index in [1.807, 2.05) is 55.5 Å². The molecule has 0 aliphatic carbocycles. The van der Waals surface area contributed by atoms with Crippen LogP contribution in [0.25, 0.3) is 10.8 Å². The third kappa shape index (κ3) is 1.55. The van der Waals surface area contributed by atoms with Gasteiger partial charge in [-0.1, -0.05) is 35.9 Å². The van der Waals surface area contributed by atoms with E-state index in [-0.39, 0.29) is 5.91 Å². The van der Waals surface area contributed by atoms with E-state index in [2.05, 4.69) is 0 Å². The second-order valence-corrected chi connectivity index (χ2v) is 6.28. The van der Waals surface area contributed by atoms with Gasteiger partial charge >= 0.3 is 0 Å². The van der Waals surface area contributed by atoms with Crippen LogP contribution < -0.4 is 4.90 Å². The van der Waals surface area contributed by atoms with Crippen molar-refractivity contribution in [2.75, 3.05) is 4.90 Å².